The number of benzene rings is 3. The van der Waals surface area contributed by atoms with Crippen molar-refractivity contribution in [1.29, 1.82) is 0 Å². The van der Waals surface area contributed by atoms with Crippen LogP contribution in [0.2, 0.25) is 0 Å². The highest BCUT2D eigenvalue weighted by molar-refractivity contribution is 5.92. The molecule has 0 saturated heterocycles. The first-order valence-electron chi connectivity index (χ1n) is 13.4. The molecule has 0 aliphatic heterocycles. The number of para-hydroxylation sites is 1. The van der Waals surface area contributed by atoms with Crippen molar-refractivity contribution in [3.8, 4) is 0 Å². The highest BCUT2D eigenvalue weighted by Gasteiger charge is 2.34. The minimum absolute atomic E-state index is 0.00457. The Labute approximate surface area is 236 Å². The molecule has 0 radical (unpaired) electrons. The molecule has 0 bridgehead atoms. The molecule has 10 heteroatoms. The van der Waals surface area contributed by atoms with E-state index >= 15 is 0 Å². The number of hydrogen-bond acceptors (Lipinski definition) is 5. The van der Waals surface area contributed by atoms with Crippen molar-refractivity contribution in [3.05, 3.63) is 117 Å². The normalized spacial score (nSPS) is 14.0. The lowest BCUT2D eigenvalue weighted by molar-refractivity contribution is -0.142. The van der Waals surface area contributed by atoms with Gasteiger partial charge in [0.15, 0.2) is 6.04 Å². The lowest BCUT2D eigenvalue weighted by Crippen LogP contribution is -2.55. The molecule has 4 rings (SSSR count). The summed E-state index contributed by atoms with van der Waals surface area (Å²) in [6.07, 6.45) is 0.492. The standard InChI is InChI=1S/C31H32N4O6/c1-3-19(2)25(28(37)34-26(30(39)40)21-14-8-5-9-15-21)33-27(36)24(18-20-12-6-4-7-13-20)35-29(38)22-16-10-11-17-23(22)32-31(35)41/h4-17,19,24-26H,3,18H2,1-2H3,(H,32,41)(H,33,36)(H,34,37)(H,39,40)/t19?,24-,25+,26+/m1/s1. The lowest BCUT2D eigenvalue weighted by atomic mass is 9.96. The van der Waals surface area contributed by atoms with Crippen LogP contribution in [0.5, 0.6) is 0 Å². The molecule has 4 N–H and O–H groups in total. The number of carboxylic acid groups (broad SMARTS) is 1. The Morgan fingerprint density at radius 2 is 1.46 bits per heavy atom. The second-order valence-corrected chi connectivity index (χ2v) is 9.92. The Balaban J connectivity index is 1.71. The van der Waals surface area contributed by atoms with E-state index in [1.807, 2.05) is 13.0 Å². The molecule has 1 unspecified atom stereocenters. The monoisotopic (exact) mass is 556 g/mol. The summed E-state index contributed by atoms with van der Waals surface area (Å²) in [6, 6.07) is 19.9. The molecule has 4 atom stereocenters. The van der Waals surface area contributed by atoms with Gasteiger partial charge in [-0.25, -0.2) is 14.2 Å². The van der Waals surface area contributed by atoms with Gasteiger partial charge in [0.25, 0.3) is 5.56 Å². The van der Waals surface area contributed by atoms with Crippen LogP contribution in [0.4, 0.5) is 0 Å². The fourth-order valence-corrected chi connectivity index (χ4v) is 4.71. The first kappa shape index (κ1) is 29.0. The average Bonchev–Trinajstić information content (AvgIpc) is 2.98. The number of nitrogens with one attached hydrogen (secondary N) is 3. The van der Waals surface area contributed by atoms with Crippen molar-refractivity contribution < 1.29 is 19.5 Å². The Bertz CT molecular complexity index is 1650. The Hall–Kier alpha value is -4.99. The van der Waals surface area contributed by atoms with Gasteiger partial charge in [0.1, 0.15) is 12.1 Å². The summed E-state index contributed by atoms with van der Waals surface area (Å²) in [5, 5.41) is 15.3. The number of H-pyrrole nitrogens is 1. The molecular formula is C31H32N4O6. The van der Waals surface area contributed by atoms with Crippen LogP contribution in [0.15, 0.2) is 94.5 Å². The maximum Gasteiger partial charge on any atom is 0.330 e. The SMILES string of the molecule is CCC(C)[C@H](NC(=O)[C@@H](Cc1ccccc1)n1c(=O)[nH]c2ccccc2c1=O)C(=O)N[C@H](C(=O)O)c1ccccc1. The smallest absolute Gasteiger partial charge is 0.330 e. The summed E-state index contributed by atoms with van der Waals surface area (Å²) >= 11 is 0. The van der Waals surface area contributed by atoms with Crippen LogP contribution in [0.1, 0.15) is 43.5 Å². The van der Waals surface area contributed by atoms with Gasteiger partial charge < -0.3 is 20.7 Å². The fourth-order valence-electron chi connectivity index (χ4n) is 4.71. The van der Waals surface area contributed by atoms with Crippen LogP contribution in [-0.4, -0.2) is 38.5 Å². The number of fused-ring (bicyclic) bond motifs is 1. The fraction of sp³-hybridized carbons (Fsp3) is 0.258. The number of aromatic nitrogens is 2. The summed E-state index contributed by atoms with van der Waals surface area (Å²) in [5.41, 5.74) is 0.0184. The third kappa shape index (κ3) is 6.60. The molecule has 0 spiro atoms. The van der Waals surface area contributed by atoms with Gasteiger partial charge in [0, 0.05) is 6.42 Å². The number of rotatable bonds is 11. The van der Waals surface area contributed by atoms with E-state index in [0.717, 1.165) is 4.57 Å². The third-order valence-electron chi connectivity index (χ3n) is 7.18. The van der Waals surface area contributed by atoms with Crippen molar-refractivity contribution in [1.82, 2.24) is 20.2 Å². The highest BCUT2D eigenvalue weighted by Crippen LogP contribution is 2.18. The molecule has 2 amide bonds. The van der Waals surface area contributed by atoms with E-state index in [2.05, 4.69) is 15.6 Å². The Morgan fingerprint density at radius 3 is 2.10 bits per heavy atom. The molecule has 212 valence electrons. The number of carboxylic acids is 1. The number of carbonyl (C=O) groups is 3. The zero-order valence-electron chi connectivity index (χ0n) is 22.7. The second-order valence-electron chi connectivity index (χ2n) is 9.92. The van der Waals surface area contributed by atoms with Crippen LogP contribution >= 0.6 is 0 Å². The first-order valence-corrected chi connectivity index (χ1v) is 13.4. The van der Waals surface area contributed by atoms with Crippen LogP contribution in [-0.2, 0) is 20.8 Å². The van der Waals surface area contributed by atoms with Gasteiger partial charge in [-0.3, -0.25) is 14.4 Å². The van der Waals surface area contributed by atoms with Crippen molar-refractivity contribution in [2.75, 3.05) is 0 Å². The highest BCUT2D eigenvalue weighted by atomic mass is 16.4. The molecule has 0 saturated carbocycles. The predicted octanol–water partition coefficient (Wildman–Crippen LogP) is 2.95. The molecule has 1 heterocycles. The molecule has 0 fully saturated rings. The van der Waals surface area contributed by atoms with E-state index in [0.29, 0.717) is 23.1 Å². The number of nitrogens with zero attached hydrogens (tertiary/aromatic N) is 1. The van der Waals surface area contributed by atoms with Gasteiger partial charge >= 0.3 is 11.7 Å². The van der Waals surface area contributed by atoms with Crippen LogP contribution in [0.25, 0.3) is 10.9 Å². The van der Waals surface area contributed by atoms with E-state index in [1.165, 1.54) is 0 Å². The minimum Gasteiger partial charge on any atom is -0.479 e. The van der Waals surface area contributed by atoms with Gasteiger partial charge in [-0.05, 0) is 29.2 Å². The van der Waals surface area contributed by atoms with E-state index in [-0.39, 0.29) is 11.8 Å². The van der Waals surface area contributed by atoms with E-state index in [4.69, 9.17) is 0 Å². The zero-order chi connectivity index (χ0) is 29.5. The molecule has 41 heavy (non-hydrogen) atoms. The number of carbonyl (C=O) groups excluding carboxylic acids is 2. The largest absolute Gasteiger partial charge is 0.479 e. The Morgan fingerprint density at radius 1 is 0.854 bits per heavy atom. The lowest BCUT2D eigenvalue weighted by Gasteiger charge is -2.28. The zero-order valence-corrected chi connectivity index (χ0v) is 22.7. The number of hydrogen-bond donors (Lipinski definition) is 4. The number of aromatic amines is 1. The van der Waals surface area contributed by atoms with Gasteiger partial charge in [-0.15, -0.1) is 0 Å². The van der Waals surface area contributed by atoms with Crippen LogP contribution in [0, 0.1) is 5.92 Å². The van der Waals surface area contributed by atoms with Crippen molar-refractivity contribution >= 4 is 28.7 Å². The first-order chi connectivity index (χ1) is 19.7. The van der Waals surface area contributed by atoms with E-state index in [1.54, 1.807) is 85.8 Å². The van der Waals surface area contributed by atoms with Crippen molar-refractivity contribution in [2.24, 2.45) is 5.92 Å². The summed E-state index contributed by atoms with van der Waals surface area (Å²) in [6.45, 7) is 3.59. The summed E-state index contributed by atoms with van der Waals surface area (Å²) in [4.78, 5) is 68.7. The van der Waals surface area contributed by atoms with E-state index in [9.17, 15) is 29.1 Å². The van der Waals surface area contributed by atoms with Crippen molar-refractivity contribution in [2.45, 2.75) is 44.8 Å². The summed E-state index contributed by atoms with van der Waals surface area (Å²) in [5.74, 6) is -3.06. The minimum atomic E-state index is -1.33. The quantitative estimate of drug-likeness (QED) is 0.223. The van der Waals surface area contributed by atoms with Crippen LogP contribution < -0.4 is 21.9 Å². The molecule has 10 nitrogen and oxygen atoms in total. The summed E-state index contributed by atoms with van der Waals surface area (Å²) in [7, 11) is 0. The number of aliphatic carboxylic acids is 1. The van der Waals surface area contributed by atoms with Crippen LogP contribution in [0.3, 0.4) is 0 Å². The van der Waals surface area contributed by atoms with Gasteiger partial charge in [-0.1, -0.05) is 93.1 Å². The van der Waals surface area contributed by atoms with Gasteiger partial charge in [0.05, 0.1) is 10.9 Å². The third-order valence-corrected chi connectivity index (χ3v) is 7.18. The second kappa shape index (κ2) is 12.9. The van der Waals surface area contributed by atoms with Gasteiger partial charge in [0.2, 0.25) is 11.8 Å². The molecule has 0 aliphatic rings. The molecule has 1 aromatic heterocycles. The van der Waals surface area contributed by atoms with Crippen molar-refractivity contribution in [3.63, 3.8) is 0 Å². The molecular weight excluding hydrogens is 524 g/mol. The Kier molecular flexibility index (Phi) is 9.13. The topological polar surface area (TPSA) is 150 Å². The maximum atomic E-state index is 13.9. The summed E-state index contributed by atoms with van der Waals surface area (Å²) < 4.78 is 0.875. The molecule has 0 aliphatic carbocycles. The average molecular weight is 557 g/mol. The molecule has 3 aromatic carbocycles. The number of amides is 2. The molecule has 4 aromatic rings. The predicted molar refractivity (Wildman–Crippen MR) is 154 cm³/mol. The maximum absolute atomic E-state index is 13.9. The van der Waals surface area contributed by atoms with E-state index < -0.39 is 53.1 Å². The van der Waals surface area contributed by atoms with Gasteiger partial charge in [-0.2, -0.15) is 0 Å².